The van der Waals surface area contributed by atoms with Gasteiger partial charge in [-0.1, -0.05) is 85.8 Å². The molecule has 2 bridgehead atoms. The molecule has 0 aromatic heterocycles. The van der Waals surface area contributed by atoms with E-state index in [0.29, 0.717) is 24.7 Å². The van der Waals surface area contributed by atoms with E-state index >= 15 is 0 Å². The Bertz CT molecular complexity index is 1020. The van der Waals surface area contributed by atoms with E-state index in [1.807, 2.05) is 18.2 Å². The number of ketones is 1. The lowest BCUT2D eigenvalue weighted by molar-refractivity contribution is -0.939. The lowest BCUT2D eigenvalue weighted by Gasteiger charge is -2.52. The van der Waals surface area contributed by atoms with Gasteiger partial charge in [-0.2, -0.15) is 0 Å². The molecule has 0 N–H and O–H groups in total. The van der Waals surface area contributed by atoms with Crippen LogP contribution < -0.4 is 17.0 Å². The summed E-state index contributed by atoms with van der Waals surface area (Å²) in [7, 11) is 0. The number of quaternary nitrogens is 1. The molecule has 2 aromatic rings. The fourth-order valence-corrected chi connectivity index (χ4v) is 6.89. The van der Waals surface area contributed by atoms with Crippen molar-refractivity contribution in [3.8, 4) is 0 Å². The number of esters is 1. The Labute approximate surface area is 226 Å². The Morgan fingerprint density at radius 1 is 0.917 bits per heavy atom. The van der Waals surface area contributed by atoms with Crippen molar-refractivity contribution in [2.24, 2.45) is 5.92 Å². The van der Waals surface area contributed by atoms with Crippen LogP contribution in [-0.4, -0.2) is 48.5 Å². The Kier molecular flexibility index (Phi) is 8.72. The second kappa shape index (κ2) is 11.6. The molecule has 3 saturated heterocycles. The van der Waals surface area contributed by atoms with E-state index in [2.05, 4.69) is 43.3 Å². The molecule has 4 fully saturated rings. The van der Waals surface area contributed by atoms with E-state index in [1.165, 1.54) is 18.4 Å². The molecule has 1 aliphatic carbocycles. The number of benzene rings is 2. The Morgan fingerprint density at radius 2 is 1.56 bits per heavy atom. The smallest absolute Gasteiger partial charge is 0.317 e. The van der Waals surface area contributed by atoms with Crippen molar-refractivity contribution in [3.05, 3.63) is 71.3 Å². The first-order valence-corrected chi connectivity index (χ1v) is 13.7. The summed E-state index contributed by atoms with van der Waals surface area (Å²) >= 11 is 0. The van der Waals surface area contributed by atoms with Gasteiger partial charge in [0.15, 0.2) is 11.9 Å². The van der Waals surface area contributed by atoms with E-state index in [1.54, 1.807) is 0 Å². The number of aryl methyl sites for hydroxylation is 1. The maximum atomic E-state index is 13.9. The third-order valence-electron chi connectivity index (χ3n) is 9.01. The number of nitrogens with zero attached hydrogens (tertiary/aromatic N) is 1. The minimum atomic E-state index is -0.518. The molecule has 3 heterocycles. The van der Waals surface area contributed by atoms with Gasteiger partial charge in [0.25, 0.3) is 0 Å². The second-order valence-corrected chi connectivity index (χ2v) is 11.5. The molecular weight excluding hydrogens is 514 g/mol. The van der Waals surface area contributed by atoms with Crippen molar-refractivity contribution < 1.29 is 35.8 Å². The van der Waals surface area contributed by atoms with Gasteiger partial charge in [-0.3, -0.25) is 9.59 Å². The first kappa shape index (κ1) is 27.1. The fourth-order valence-electron chi connectivity index (χ4n) is 6.89. The lowest BCUT2D eigenvalue weighted by atomic mass is 9.74. The Morgan fingerprint density at radius 3 is 2.19 bits per heavy atom. The normalized spacial score (nSPS) is 26.9. The van der Waals surface area contributed by atoms with Gasteiger partial charge >= 0.3 is 5.97 Å². The Hall–Kier alpha value is -1.98. The number of Topliss-reactive ketones (excluding diaryl/α,β-unsaturated/α-hetero) is 1. The molecule has 0 unspecified atom stereocenters. The minimum absolute atomic E-state index is 0. The van der Waals surface area contributed by atoms with Crippen LogP contribution in [0.1, 0.15) is 68.1 Å². The maximum absolute atomic E-state index is 13.9. The third kappa shape index (κ3) is 5.78. The number of carbonyl (C=O) groups excluding carboxylic acids is 2. The zero-order valence-electron chi connectivity index (χ0n) is 21.6. The number of hydrogen-bond acceptors (Lipinski definition) is 3. The zero-order chi connectivity index (χ0) is 24.3. The van der Waals surface area contributed by atoms with Crippen molar-refractivity contribution >= 4 is 11.8 Å². The highest BCUT2D eigenvalue weighted by molar-refractivity contribution is 5.83. The highest BCUT2D eigenvalue weighted by atomic mass is 79.9. The lowest BCUT2D eigenvalue weighted by Crippen LogP contribution is -3.00. The standard InChI is InChI=1S/C31H40NO3.BrH/c1-24-11-13-25(14-12-24)21-28(33)22-32-19-15-26(16-20-32)29(23-32)35-30(34)31(17-7-2-3-8-18-31)27-9-5-4-6-10-27;/h4-6,9-14,26,29H,2-3,7-8,15-23H2,1H3;1H/q+1;/p-1/t26?,29-,32?;/m0./s1. The van der Waals surface area contributed by atoms with E-state index < -0.39 is 5.41 Å². The summed E-state index contributed by atoms with van der Waals surface area (Å²) in [5, 5.41) is 0. The first-order chi connectivity index (χ1) is 17.0. The van der Waals surface area contributed by atoms with Crippen LogP contribution in [0.3, 0.4) is 0 Å². The van der Waals surface area contributed by atoms with Gasteiger partial charge in [-0.15, -0.1) is 0 Å². The van der Waals surface area contributed by atoms with Crippen LogP contribution in [0.4, 0.5) is 0 Å². The van der Waals surface area contributed by atoms with Gasteiger partial charge in [-0.25, -0.2) is 0 Å². The van der Waals surface area contributed by atoms with Gasteiger partial charge in [0, 0.05) is 25.2 Å². The number of hydrogen-bond donors (Lipinski definition) is 0. The van der Waals surface area contributed by atoms with Crippen LogP contribution in [0.5, 0.6) is 0 Å². The van der Waals surface area contributed by atoms with Crippen LogP contribution in [0, 0.1) is 12.8 Å². The SMILES string of the molecule is Cc1ccc(CC(=O)C[N+]23CCC(CC2)[C@@H](OC(=O)C2(c4ccccc4)CCCCCC2)C3)cc1.[Br-]. The molecule has 4 aliphatic rings. The van der Waals surface area contributed by atoms with Crippen LogP contribution in [0.2, 0.25) is 0 Å². The van der Waals surface area contributed by atoms with E-state index in [9.17, 15) is 9.59 Å². The molecule has 4 nitrogen and oxygen atoms in total. The van der Waals surface area contributed by atoms with Gasteiger partial charge in [0.2, 0.25) is 0 Å². The zero-order valence-corrected chi connectivity index (χ0v) is 23.2. The monoisotopic (exact) mass is 553 g/mol. The summed E-state index contributed by atoms with van der Waals surface area (Å²) in [6.45, 7) is 5.48. The van der Waals surface area contributed by atoms with Crippen LogP contribution in [0.25, 0.3) is 0 Å². The molecule has 0 spiro atoms. The number of ether oxygens (including phenoxy) is 1. The first-order valence-electron chi connectivity index (χ1n) is 13.7. The van der Waals surface area contributed by atoms with Crippen LogP contribution in [-0.2, 0) is 26.2 Å². The molecule has 6 rings (SSSR count). The average molecular weight is 555 g/mol. The molecule has 3 aliphatic heterocycles. The summed E-state index contributed by atoms with van der Waals surface area (Å²) in [5.41, 5.74) is 2.90. The van der Waals surface area contributed by atoms with E-state index in [4.69, 9.17) is 4.74 Å². The predicted octanol–water partition coefficient (Wildman–Crippen LogP) is 2.56. The van der Waals surface area contributed by atoms with Crippen molar-refractivity contribution in [2.45, 2.75) is 76.2 Å². The van der Waals surface area contributed by atoms with E-state index in [0.717, 1.165) is 73.8 Å². The summed E-state index contributed by atoms with van der Waals surface area (Å²) in [6.07, 6.45) is 8.81. The highest BCUT2D eigenvalue weighted by Gasteiger charge is 2.50. The summed E-state index contributed by atoms with van der Waals surface area (Å²) in [5.74, 6) is 0.710. The second-order valence-electron chi connectivity index (χ2n) is 11.5. The van der Waals surface area contributed by atoms with Crippen molar-refractivity contribution in [2.75, 3.05) is 26.2 Å². The summed E-state index contributed by atoms with van der Waals surface area (Å²) in [4.78, 5) is 27.0. The summed E-state index contributed by atoms with van der Waals surface area (Å²) < 4.78 is 7.24. The molecule has 194 valence electrons. The molecule has 1 saturated carbocycles. The summed E-state index contributed by atoms with van der Waals surface area (Å²) in [6, 6.07) is 18.6. The van der Waals surface area contributed by atoms with Gasteiger partial charge in [-0.05, 0) is 30.9 Å². The molecule has 5 heteroatoms. The largest absolute Gasteiger partial charge is 1.00 e. The van der Waals surface area contributed by atoms with Crippen molar-refractivity contribution in [3.63, 3.8) is 0 Å². The topological polar surface area (TPSA) is 43.4 Å². The quantitative estimate of drug-likeness (QED) is 0.300. The Balaban J connectivity index is 0.00000304. The molecule has 2 aromatic carbocycles. The van der Waals surface area contributed by atoms with Gasteiger partial charge in [0.1, 0.15) is 13.1 Å². The number of rotatable bonds is 7. The maximum Gasteiger partial charge on any atom is 0.317 e. The van der Waals surface area contributed by atoms with Crippen molar-refractivity contribution in [1.29, 1.82) is 0 Å². The number of fused-ring (bicyclic) bond motifs is 3. The number of piperidine rings is 3. The van der Waals surface area contributed by atoms with Crippen LogP contribution in [0.15, 0.2) is 54.6 Å². The predicted molar refractivity (Wildman–Crippen MR) is 138 cm³/mol. The minimum Gasteiger partial charge on any atom is -1.00 e. The molecule has 1 atom stereocenters. The third-order valence-corrected chi connectivity index (χ3v) is 9.01. The van der Waals surface area contributed by atoms with Gasteiger partial charge in [0.05, 0.1) is 18.5 Å². The highest BCUT2D eigenvalue weighted by Crippen LogP contribution is 2.42. The van der Waals surface area contributed by atoms with Crippen molar-refractivity contribution in [1.82, 2.24) is 0 Å². The van der Waals surface area contributed by atoms with E-state index in [-0.39, 0.29) is 29.1 Å². The number of carbonyl (C=O) groups is 2. The molecular formula is C31H40BrNO3. The molecule has 36 heavy (non-hydrogen) atoms. The average Bonchev–Trinajstić information content (AvgIpc) is 3.14. The fraction of sp³-hybridized carbons (Fsp3) is 0.548. The molecule has 0 amide bonds. The molecule has 0 radical (unpaired) electrons. The van der Waals surface area contributed by atoms with Gasteiger partial charge < -0.3 is 26.2 Å². The van der Waals surface area contributed by atoms with Crippen LogP contribution >= 0.6 is 0 Å². The number of halogens is 1.